The van der Waals surface area contributed by atoms with Crippen LogP contribution in [0.25, 0.3) is 0 Å². The van der Waals surface area contributed by atoms with E-state index in [1.807, 2.05) is 30.3 Å². The zero-order chi connectivity index (χ0) is 17.0. The molecule has 0 atom stereocenters. The van der Waals surface area contributed by atoms with Crippen LogP contribution in [0.5, 0.6) is 5.75 Å². The maximum absolute atomic E-state index is 5.85. The lowest BCUT2D eigenvalue weighted by Crippen LogP contribution is -2.33. The molecule has 1 aromatic heterocycles. The molecule has 0 fully saturated rings. The van der Waals surface area contributed by atoms with Gasteiger partial charge in [-0.25, -0.2) is 0 Å². The number of aliphatic imine (C=N–C) groups is 1. The molecule has 0 aliphatic carbocycles. The van der Waals surface area contributed by atoms with E-state index in [1.54, 1.807) is 6.20 Å². The van der Waals surface area contributed by atoms with E-state index in [0.717, 1.165) is 37.3 Å². The second kappa shape index (κ2) is 10.3. The maximum atomic E-state index is 5.85. The average Bonchev–Trinajstić information content (AvgIpc) is 2.60. The molecule has 0 saturated heterocycles. The van der Waals surface area contributed by atoms with Crippen LogP contribution in [0.2, 0.25) is 0 Å². The summed E-state index contributed by atoms with van der Waals surface area (Å²) in [6, 6.07) is 14.0. The molecule has 1 aromatic carbocycles. The Hall–Kier alpha value is -2.56. The molecule has 0 spiro atoms. The van der Waals surface area contributed by atoms with Crippen molar-refractivity contribution >= 4 is 5.96 Å². The van der Waals surface area contributed by atoms with Gasteiger partial charge in [0.05, 0.1) is 6.61 Å². The number of aromatic nitrogens is 1. The fourth-order valence-electron chi connectivity index (χ4n) is 2.16. The molecule has 2 aromatic rings. The fraction of sp³-hybridized carbons (Fsp3) is 0.368. The summed E-state index contributed by atoms with van der Waals surface area (Å²) in [4.78, 5) is 8.59. The lowest BCUT2D eigenvalue weighted by atomic mass is 10.2. The molecule has 128 valence electrons. The summed E-state index contributed by atoms with van der Waals surface area (Å²) < 4.78 is 5.68. The first-order valence-electron chi connectivity index (χ1n) is 8.37. The Kier molecular flexibility index (Phi) is 7.60. The first kappa shape index (κ1) is 17.8. The Balaban J connectivity index is 1.52. The Labute approximate surface area is 144 Å². The molecule has 0 radical (unpaired) electrons. The number of hydrogen-bond donors (Lipinski definition) is 2. The predicted octanol–water partition coefficient (Wildman–Crippen LogP) is 2.70. The number of rotatable bonds is 9. The topological polar surface area (TPSA) is 72.5 Å². The van der Waals surface area contributed by atoms with E-state index in [1.165, 1.54) is 5.56 Å². The van der Waals surface area contributed by atoms with Crippen molar-refractivity contribution in [1.29, 1.82) is 0 Å². The van der Waals surface area contributed by atoms with E-state index < -0.39 is 0 Å². The minimum absolute atomic E-state index is 0.491. The molecule has 24 heavy (non-hydrogen) atoms. The summed E-state index contributed by atoms with van der Waals surface area (Å²) in [5.74, 6) is 1.41. The second-order valence-electron chi connectivity index (χ2n) is 5.63. The predicted molar refractivity (Wildman–Crippen MR) is 98.3 cm³/mol. The maximum Gasteiger partial charge on any atom is 0.188 e. The highest BCUT2D eigenvalue weighted by atomic mass is 16.5. The first-order chi connectivity index (χ1) is 11.7. The van der Waals surface area contributed by atoms with Crippen LogP contribution in [0.15, 0.2) is 53.7 Å². The van der Waals surface area contributed by atoms with Gasteiger partial charge in [-0.15, -0.1) is 0 Å². The average molecular weight is 326 g/mol. The SMILES string of the molecule is Cc1ccc(OCCCCN=C(N)NCCc2ccccn2)cc1. The molecule has 5 heteroatoms. The molecule has 0 amide bonds. The third-order valence-electron chi connectivity index (χ3n) is 3.54. The fourth-order valence-corrected chi connectivity index (χ4v) is 2.16. The van der Waals surface area contributed by atoms with Crippen LogP contribution >= 0.6 is 0 Å². The zero-order valence-corrected chi connectivity index (χ0v) is 14.2. The van der Waals surface area contributed by atoms with Crippen molar-refractivity contribution in [1.82, 2.24) is 10.3 Å². The smallest absolute Gasteiger partial charge is 0.188 e. The number of hydrogen-bond acceptors (Lipinski definition) is 3. The van der Waals surface area contributed by atoms with Gasteiger partial charge < -0.3 is 15.8 Å². The molecule has 0 aliphatic heterocycles. The molecule has 5 nitrogen and oxygen atoms in total. The van der Waals surface area contributed by atoms with Gasteiger partial charge in [0.25, 0.3) is 0 Å². The monoisotopic (exact) mass is 326 g/mol. The Morgan fingerprint density at radius 3 is 2.75 bits per heavy atom. The number of nitrogens with zero attached hydrogens (tertiary/aromatic N) is 2. The highest BCUT2D eigenvalue weighted by molar-refractivity contribution is 5.77. The van der Waals surface area contributed by atoms with E-state index in [0.29, 0.717) is 19.1 Å². The summed E-state index contributed by atoms with van der Waals surface area (Å²) >= 11 is 0. The van der Waals surface area contributed by atoms with E-state index in [-0.39, 0.29) is 0 Å². The first-order valence-corrected chi connectivity index (χ1v) is 8.37. The lowest BCUT2D eigenvalue weighted by molar-refractivity contribution is 0.308. The standard InChI is InChI=1S/C19H26N4O/c1-16-7-9-18(10-8-16)24-15-5-4-13-22-19(20)23-14-11-17-6-2-3-12-21-17/h2-3,6-10,12H,4-5,11,13-15H2,1H3,(H3,20,22,23). The molecular weight excluding hydrogens is 300 g/mol. The van der Waals surface area contributed by atoms with Gasteiger partial charge in [-0.1, -0.05) is 23.8 Å². The molecule has 0 bridgehead atoms. The number of aryl methyl sites for hydroxylation is 1. The number of guanidine groups is 1. The van der Waals surface area contributed by atoms with Crippen LogP contribution < -0.4 is 15.8 Å². The molecular formula is C19H26N4O. The highest BCUT2D eigenvalue weighted by Gasteiger charge is 1.96. The van der Waals surface area contributed by atoms with E-state index in [9.17, 15) is 0 Å². The van der Waals surface area contributed by atoms with Gasteiger partial charge in [0.15, 0.2) is 5.96 Å². The second-order valence-corrected chi connectivity index (χ2v) is 5.63. The summed E-state index contributed by atoms with van der Waals surface area (Å²) in [6.45, 7) is 4.21. The minimum Gasteiger partial charge on any atom is -0.494 e. The molecule has 2 rings (SSSR count). The van der Waals surface area contributed by atoms with Crippen LogP contribution in [-0.2, 0) is 6.42 Å². The van der Waals surface area contributed by atoms with Crippen LogP contribution in [0.4, 0.5) is 0 Å². The number of nitrogens with one attached hydrogen (secondary N) is 1. The van der Waals surface area contributed by atoms with Gasteiger partial charge >= 0.3 is 0 Å². The summed E-state index contributed by atoms with van der Waals surface area (Å²) in [6.07, 6.45) is 4.54. The van der Waals surface area contributed by atoms with Gasteiger partial charge in [0, 0.05) is 31.4 Å². The van der Waals surface area contributed by atoms with E-state index >= 15 is 0 Å². The zero-order valence-electron chi connectivity index (χ0n) is 14.2. The van der Waals surface area contributed by atoms with Crippen molar-refractivity contribution in [3.63, 3.8) is 0 Å². The number of pyridine rings is 1. The number of nitrogens with two attached hydrogens (primary N) is 1. The van der Waals surface area contributed by atoms with Crippen molar-refractivity contribution < 1.29 is 4.74 Å². The largest absolute Gasteiger partial charge is 0.494 e. The Morgan fingerprint density at radius 2 is 2.00 bits per heavy atom. The van der Waals surface area contributed by atoms with Gasteiger partial charge in [-0.05, 0) is 44.0 Å². The Morgan fingerprint density at radius 1 is 1.17 bits per heavy atom. The van der Waals surface area contributed by atoms with Crippen LogP contribution in [0, 0.1) is 6.92 Å². The van der Waals surface area contributed by atoms with Crippen molar-refractivity contribution in [3.05, 3.63) is 59.9 Å². The summed E-state index contributed by atoms with van der Waals surface area (Å²) in [5.41, 5.74) is 8.13. The molecule has 0 aliphatic rings. The van der Waals surface area contributed by atoms with Crippen molar-refractivity contribution in [3.8, 4) is 5.75 Å². The van der Waals surface area contributed by atoms with Gasteiger partial charge in [-0.3, -0.25) is 9.98 Å². The molecule has 0 saturated carbocycles. The number of unbranched alkanes of at least 4 members (excludes halogenated alkanes) is 1. The number of benzene rings is 1. The van der Waals surface area contributed by atoms with Crippen molar-refractivity contribution in [2.75, 3.05) is 19.7 Å². The normalized spacial score (nSPS) is 11.3. The van der Waals surface area contributed by atoms with Crippen LogP contribution in [-0.4, -0.2) is 30.6 Å². The molecule has 3 N–H and O–H groups in total. The lowest BCUT2D eigenvalue weighted by Gasteiger charge is -2.07. The van der Waals surface area contributed by atoms with Crippen molar-refractivity contribution in [2.45, 2.75) is 26.2 Å². The van der Waals surface area contributed by atoms with E-state index in [4.69, 9.17) is 10.5 Å². The third-order valence-corrected chi connectivity index (χ3v) is 3.54. The van der Waals surface area contributed by atoms with E-state index in [2.05, 4.69) is 34.3 Å². The quantitative estimate of drug-likeness (QED) is 0.422. The third kappa shape index (κ3) is 7.13. The van der Waals surface area contributed by atoms with Crippen molar-refractivity contribution in [2.24, 2.45) is 10.7 Å². The molecule has 0 unspecified atom stereocenters. The van der Waals surface area contributed by atoms with Crippen LogP contribution in [0.3, 0.4) is 0 Å². The van der Waals surface area contributed by atoms with Gasteiger partial charge in [0.1, 0.15) is 5.75 Å². The highest BCUT2D eigenvalue weighted by Crippen LogP contribution is 2.11. The summed E-state index contributed by atoms with van der Waals surface area (Å²) in [5, 5.41) is 3.11. The molecule has 1 heterocycles. The van der Waals surface area contributed by atoms with Gasteiger partial charge in [-0.2, -0.15) is 0 Å². The Bertz CT molecular complexity index is 611. The van der Waals surface area contributed by atoms with Crippen LogP contribution in [0.1, 0.15) is 24.1 Å². The minimum atomic E-state index is 0.491. The summed E-state index contributed by atoms with van der Waals surface area (Å²) in [7, 11) is 0. The van der Waals surface area contributed by atoms with Gasteiger partial charge in [0.2, 0.25) is 0 Å². The number of ether oxygens (including phenoxy) is 1.